The maximum atomic E-state index is 13.4. The van der Waals surface area contributed by atoms with Crippen LogP contribution in [0.4, 0.5) is 4.39 Å². The van der Waals surface area contributed by atoms with Crippen molar-refractivity contribution in [3.8, 4) is 5.69 Å². The van der Waals surface area contributed by atoms with E-state index in [0.717, 1.165) is 12.2 Å². The molecule has 0 spiro atoms. The molecule has 108 valence electrons. The van der Waals surface area contributed by atoms with Crippen LogP contribution < -0.4 is 5.32 Å². The molecule has 0 bridgehead atoms. The van der Waals surface area contributed by atoms with Crippen molar-refractivity contribution in [2.45, 2.75) is 20.4 Å². The molecule has 2 aromatic rings. The molecular formula is C14H16Cl2FN3. The Kier molecular flexibility index (Phi) is 5.02. The van der Waals surface area contributed by atoms with Crippen LogP contribution >= 0.6 is 23.2 Å². The Morgan fingerprint density at radius 1 is 1.30 bits per heavy atom. The van der Waals surface area contributed by atoms with Crippen LogP contribution in [0.1, 0.15) is 19.5 Å². The van der Waals surface area contributed by atoms with Crippen LogP contribution in [0.3, 0.4) is 0 Å². The average Bonchev–Trinajstić information content (AvgIpc) is 2.83. The monoisotopic (exact) mass is 315 g/mol. The Labute approximate surface area is 127 Å². The molecule has 2 rings (SSSR count). The second kappa shape index (κ2) is 6.57. The Hall–Kier alpha value is -1.10. The van der Waals surface area contributed by atoms with E-state index in [-0.39, 0.29) is 10.0 Å². The zero-order valence-electron chi connectivity index (χ0n) is 11.3. The second-order valence-electron chi connectivity index (χ2n) is 5.00. The molecule has 0 radical (unpaired) electrons. The Balaban J connectivity index is 2.12. The lowest BCUT2D eigenvalue weighted by atomic mass is 10.2. The Morgan fingerprint density at radius 2 is 1.95 bits per heavy atom. The first-order valence-electron chi connectivity index (χ1n) is 6.37. The van der Waals surface area contributed by atoms with Gasteiger partial charge in [0.1, 0.15) is 0 Å². The smallest absolute Gasteiger partial charge is 0.160 e. The van der Waals surface area contributed by atoms with Gasteiger partial charge in [0.25, 0.3) is 0 Å². The van der Waals surface area contributed by atoms with E-state index in [1.165, 1.54) is 12.1 Å². The normalized spacial score (nSPS) is 11.3. The molecule has 1 aromatic carbocycles. The number of halogens is 3. The number of aromatic nitrogens is 2. The van der Waals surface area contributed by atoms with E-state index in [1.54, 1.807) is 10.9 Å². The fourth-order valence-electron chi connectivity index (χ4n) is 1.76. The highest BCUT2D eigenvalue weighted by atomic mass is 35.5. The Bertz CT molecular complexity index is 573. The van der Waals surface area contributed by atoms with Crippen LogP contribution in [0.25, 0.3) is 5.69 Å². The lowest BCUT2D eigenvalue weighted by molar-refractivity contribution is 0.546. The standard InChI is InChI=1S/C14H16Cl2FN3/c1-9(2)7-18-8-10-3-4-20(19-10)11-5-12(15)14(17)13(16)6-11/h3-6,9,18H,7-8H2,1-2H3. The van der Waals surface area contributed by atoms with Gasteiger partial charge in [0.2, 0.25) is 0 Å². The summed E-state index contributed by atoms with van der Waals surface area (Å²) in [6.07, 6.45) is 1.80. The summed E-state index contributed by atoms with van der Waals surface area (Å²) >= 11 is 11.6. The van der Waals surface area contributed by atoms with Crippen molar-refractivity contribution in [1.82, 2.24) is 15.1 Å². The number of hydrogen-bond donors (Lipinski definition) is 1. The topological polar surface area (TPSA) is 29.9 Å². The molecule has 6 heteroatoms. The van der Waals surface area contributed by atoms with Crippen molar-refractivity contribution in [3.05, 3.63) is 46.0 Å². The first-order chi connectivity index (χ1) is 9.47. The van der Waals surface area contributed by atoms with Crippen LogP contribution in [0.2, 0.25) is 10.0 Å². The number of hydrogen-bond acceptors (Lipinski definition) is 2. The average molecular weight is 316 g/mol. The van der Waals surface area contributed by atoms with Crippen molar-refractivity contribution in [2.75, 3.05) is 6.54 Å². The van der Waals surface area contributed by atoms with E-state index < -0.39 is 5.82 Å². The van der Waals surface area contributed by atoms with Crippen LogP contribution in [0.5, 0.6) is 0 Å². The molecule has 0 saturated heterocycles. The minimum absolute atomic E-state index is 0.0116. The van der Waals surface area contributed by atoms with Gasteiger partial charge in [-0.05, 0) is 30.7 Å². The van der Waals surface area contributed by atoms with Gasteiger partial charge in [-0.3, -0.25) is 0 Å². The first kappa shape index (κ1) is 15.3. The number of rotatable bonds is 5. The summed E-state index contributed by atoms with van der Waals surface area (Å²) in [6.45, 7) is 5.91. The third-order valence-corrected chi connectivity index (χ3v) is 3.29. The quantitative estimate of drug-likeness (QED) is 0.843. The molecule has 0 fully saturated rings. The molecule has 1 N–H and O–H groups in total. The number of nitrogens with zero attached hydrogens (tertiary/aromatic N) is 2. The second-order valence-corrected chi connectivity index (χ2v) is 5.81. The van der Waals surface area contributed by atoms with Crippen LogP contribution in [0, 0.1) is 11.7 Å². The van der Waals surface area contributed by atoms with Crippen LogP contribution in [-0.4, -0.2) is 16.3 Å². The van der Waals surface area contributed by atoms with E-state index in [2.05, 4.69) is 24.3 Å². The van der Waals surface area contributed by atoms with Crippen molar-refractivity contribution in [1.29, 1.82) is 0 Å². The third kappa shape index (κ3) is 3.72. The van der Waals surface area contributed by atoms with Gasteiger partial charge in [-0.25, -0.2) is 9.07 Å². The van der Waals surface area contributed by atoms with Gasteiger partial charge in [-0.1, -0.05) is 37.0 Å². The highest BCUT2D eigenvalue weighted by Gasteiger charge is 2.09. The van der Waals surface area contributed by atoms with Gasteiger partial charge in [-0.2, -0.15) is 5.10 Å². The zero-order chi connectivity index (χ0) is 14.7. The minimum Gasteiger partial charge on any atom is -0.311 e. The van der Waals surface area contributed by atoms with E-state index in [0.29, 0.717) is 18.2 Å². The fraction of sp³-hybridized carbons (Fsp3) is 0.357. The van der Waals surface area contributed by atoms with Crippen LogP contribution in [0.15, 0.2) is 24.4 Å². The molecular weight excluding hydrogens is 300 g/mol. The summed E-state index contributed by atoms with van der Waals surface area (Å²) in [7, 11) is 0. The van der Waals surface area contributed by atoms with Crippen molar-refractivity contribution in [2.24, 2.45) is 5.92 Å². The highest BCUT2D eigenvalue weighted by molar-refractivity contribution is 6.35. The molecule has 0 aliphatic carbocycles. The number of benzene rings is 1. The lowest BCUT2D eigenvalue weighted by Crippen LogP contribution is -2.19. The van der Waals surface area contributed by atoms with Crippen molar-refractivity contribution >= 4 is 23.2 Å². The van der Waals surface area contributed by atoms with Gasteiger partial charge in [-0.15, -0.1) is 0 Å². The van der Waals surface area contributed by atoms with E-state index in [9.17, 15) is 4.39 Å². The maximum Gasteiger partial charge on any atom is 0.160 e. The molecule has 1 aromatic heterocycles. The summed E-state index contributed by atoms with van der Waals surface area (Å²) in [5.74, 6) is -0.0186. The summed E-state index contributed by atoms with van der Waals surface area (Å²) < 4.78 is 15.0. The molecule has 0 aliphatic rings. The predicted molar refractivity (Wildman–Crippen MR) is 80.1 cm³/mol. The SMILES string of the molecule is CC(C)CNCc1ccn(-c2cc(Cl)c(F)c(Cl)c2)n1. The predicted octanol–water partition coefficient (Wildman–Crippen LogP) is 4.06. The van der Waals surface area contributed by atoms with Gasteiger partial charge in [0, 0.05) is 12.7 Å². The van der Waals surface area contributed by atoms with E-state index in [1.807, 2.05) is 6.07 Å². The maximum absolute atomic E-state index is 13.4. The molecule has 0 amide bonds. The Morgan fingerprint density at radius 3 is 2.55 bits per heavy atom. The van der Waals surface area contributed by atoms with Gasteiger partial charge < -0.3 is 5.32 Å². The lowest BCUT2D eigenvalue weighted by Gasteiger charge is -2.06. The zero-order valence-corrected chi connectivity index (χ0v) is 12.8. The van der Waals surface area contributed by atoms with Crippen LogP contribution in [-0.2, 0) is 6.54 Å². The van der Waals surface area contributed by atoms with E-state index in [4.69, 9.17) is 23.2 Å². The summed E-state index contributed by atoms with van der Waals surface area (Å²) in [6, 6.07) is 4.90. The highest BCUT2D eigenvalue weighted by Crippen LogP contribution is 2.26. The summed E-state index contributed by atoms with van der Waals surface area (Å²) in [4.78, 5) is 0. The molecule has 0 aliphatic heterocycles. The van der Waals surface area contributed by atoms with Gasteiger partial charge >= 0.3 is 0 Å². The first-order valence-corrected chi connectivity index (χ1v) is 7.13. The molecule has 1 heterocycles. The summed E-state index contributed by atoms with van der Waals surface area (Å²) in [5.41, 5.74) is 1.54. The fourth-order valence-corrected chi connectivity index (χ4v) is 2.24. The molecule has 0 unspecified atom stereocenters. The third-order valence-electron chi connectivity index (χ3n) is 2.74. The van der Waals surface area contributed by atoms with Gasteiger partial charge in [0.05, 0.1) is 21.4 Å². The van der Waals surface area contributed by atoms with Crippen molar-refractivity contribution in [3.63, 3.8) is 0 Å². The molecule has 20 heavy (non-hydrogen) atoms. The molecule has 3 nitrogen and oxygen atoms in total. The number of nitrogens with one attached hydrogen (secondary N) is 1. The summed E-state index contributed by atoms with van der Waals surface area (Å²) in [5, 5.41) is 7.69. The molecule has 0 saturated carbocycles. The largest absolute Gasteiger partial charge is 0.311 e. The van der Waals surface area contributed by atoms with E-state index >= 15 is 0 Å². The minimum atomic E-state index is -0.608. The molecule has 0 atom stereocenters. The van der Waals surface area contributed by atoms with Crippen molar-refractivity contribution < 1.29 is 4.39 Å². The van der Waals surface area contributed by atoms with Gasteiger partial charge in [0.15, 0.2) is 5.82 Å².